The molecule has 12 heteroatoms. The molecular weight excluding hydrogens is 654 g/mol. The van der Waals surface area contributed by atoms with Crippen molar-refractivity contribution in [3.05, 3.63) is 75.3 Å². The Bertz CT molecular complexity index is 1910. The van der Waals surface area contributed by atoms with Crippen LogP contribution in [0.3, 0.4) is 0 Å². The maximum Gasteiger partial charge on any atom is 0.276 e. The number of methoxy groups -OCH3 is 1. The van der Waals surface area contributed by atoms with Gasteiger partial charge in [-0.1, -0.05) is 23.7 Å². The van der Waals surface area contributed by atoms with Crippen LogP contribution in [-0.2, 0) is 23.2 Å². The van der Waals surface area contributed by atoms with Crippen molar-refractivity contribution in [3.8, 4) is 16.9 Å². The summed E-state index contributed by atoms with van der Waals surface area (Å²) in [5.41, 5.74) is 5.39. The van der Waals surface area contributed by atoms with E-state index in [-0.39, 0.29) is 23.4 Å². The minimum absolute atomic E-state index is 0.119. The van der Waals surface area contributed by atoms with Crippen LogP contribution < -0.4 is 20.9 Å². The summed E-state index contributed by atoms with van der Waals surface area (Å²) >= 11 is 6.91. The molecule has 0 saturated carbocycles. The number of ether oxygens (including phenoxy) is 1. The second kappa shape index (κ2) is 15.0. The van der Waals surface area contributed by atoms with Crippen LogP contribution in [0.15, 0.2) is 53.6 Å². The van der Waals surface area contributed by atoms with Crippen molar-refractivity contribution in [2.24, 2.45) is 13.0 Å². The number of piperidine rings is 3. The van der Waals surface area contributed by atoms with E-state index in [1.165, 1.54) is 24.8 Å². The van der Waals surface area contributed by atoms with Crippen molar-refractivity contribution in [1.82, 2.24) is 29.9 Å². The monoisotopic (exact) mass is 699 g/mol. The van der Waals surface area contributed by atoms with E-state index in [4.69, 9.17) is 16.3 Å². The first-order chi connectivity index (χ1) is 24.2. The second-order valence-corrected chi connectivity index (χ2v) is 14.6. The number of pyridine rings is 1. The summed E-state index contributed by atoms with van der Waals surface area (Å²) in [6.45, 7) is 6.23. The lowest BCUT2D eigenvalue weighted by Gasteiger charge is -2.35. The molecule has 0 spiro atoms. The summed E-state index contributed by atoms with van der Waals surface area (Å²) in [5.74, 6) is 1.61. The van der Waals surface area contributed by atoms with E-state index in [1.807, 2.05) is 18.3 Å². The summed E-state index contributed by atoms with van der Waals surface area (Å²) in [6.07, 6.45) is 10.3. The van der Waals surface area contributed by atoms with E-state index < -0.39 is 0 Å². The van der Waals surface area contributed by atoms with Gasteiger partial charge in [0.25, 0.3) is 5.56 Å². The molecule has 7 rings (SSSR count). The van der Waals surface area contributed by atoms with Gasteiger partial charge in [0, 0.05) is 53.4 Å². The lowest BCUT2D eigenvalue weighted by Crippen LogP contribution is -2.47. The first-order valence-electron chi connectivity index (χ1n) is 17.8. The van der Waals surface area contributed by atoms with E-state index in [0.717, 1.165) is 91.5 Å². The highest BCUT2D eigenvalue weighted by molar-refractivity contribution is 6.32. The molecule has 2 amide bonds. The number of hydrogen-bond acceptors (Lipinski definition) is 8. The number of nitrogens with zero attached hydrogens (tertiary/aromatic N) is 4. The van der Waals surface area contributed by atoms with Gasteiger partial charge in [-0.05, 0) is 118 Å². The molecule has 50 heavy (non-hydrogen) atoms. The van der Waals surface area contributed by atoms with Crippen molar-refractivity contribution in [2.45, 2.75) is 63.5 Å². The van der Waals surface area contributed by atoms with Crippen molar-refractivity contribution < 1.29 is 14.3 Å². The standard InChI is InChI=1S/C38H46ClN7O4/c1-44-22-30(29-21-40-43-36(29)38(44)49)27-19-32(39)31(34(20-27)50-2)23-46-15-10-24(11-16-46)9-14-45-17-12-26(13-18-45)25-3-5-28(6-4-25)41-33-7-8-35(47)42-37(33)48/h3-6,19-22,24,26,33,41H,7-18,23H2,1-2H3,(H,40,43)(H,42,47,48). The smallest absolute Gasteiger partial charge is 0.276 e. The molecule has 3 N–H and O–H groups in total. The van der Waals surface area contributed by atoms with Gasteiger partial charge in [0.2, 0.25) is 11.8 Å². The molecule has 2 aromatic heterocycles. The number of carbonyl (C=O) groups is 2. The number of anilines is 1. The number of H-pyrrole nitrogens is 1. The fourth-order valence-corrected chi connectivity index (χ4v) is 8.15. The second-order valence-electron chi connectivity index (χ2n) is 14.2. The van der Waals surface area contributed by atoms with E-state index in [2.05, 4.69) is 54.9 Å². The number of likely N-dealkylation sites (tertiary alicyclic amines) is 2. The van der Waals surface area contributed by atoms with Gasteiger partial charge in [-0.25, -0.2) is 0 Å². The van der Waals surface area contributed by atoms with Crippen LogP contribution >= 0.6 is 11.6 Å². The Morgan fingerprint density at radius 2 is 1.72 bits per heavy atom. The first-order valence-corrected chi connectivity index (χ1v) is 18.2. The molecule has 3 aliphatic rings. The fourth-order valence-electron chi connectivity index (χ4n) is 7.88. The van der Waals surface area contributed by atoms with Gasteiger partial charge in [-0.15, -0.1) is 0 Å². The zero-order chi connectivity index (χ0) is 34.8. The molecule has 0 aliphatic carbocycles. The van der Waals surface area contributed by atoms with Crippen molar-refractivity contribution >= 4 is 40.0 Å². The lowest BCUT2D eigenvalue weighted by molar-refractivity contribution is -0.133. The number of hydrogen-bond donors (Lipinski definition) is 3. The van der Waals surface area contributed by atoms with Gasteiger partial charge in [-0.3, -0.25) is 29.7 Å². The molecule has 5 heterocycles. The molecule has 0 radical (unpaired) electrons. The van der Waals surface area contributed by atoms with Gasteiger partial charge in [0.15, 0.2) is 0 Å². The number of imide groups is 1. The molecule has 4 aromatic rings. The molecule has 3 saturated heterocycles. The highest BCUT2D eigenvalue weighted by atomic mass is 35.5. The van der Waals surface area contributed by atoms with Crippen LogP contribution in [0.5, 0.6) is 5.75 Å². The van der Waals surface area contributed by atoms with E-state index in [9.17, 15) is 14.4 Å². The summed E-state index contributed by atoms with van der Waals surface area (Å²) < 4.78 is 7.41. The van der Waals surface area contributed by atoms with Crippen LogP contribution in [0.25, 0.3) is 22.0 Å². The molecule has 11 nitrogen and oxygen atoms in total. The minimum Gasteiger partial charge on any atom is -0.496 e. The summed E-state index contributed by atoms with van der Waals surface area (Å²) in [4.78, 5) is 41.2. The Labute approximate surface area is 297 Å². The Morgan fingerprint density at radius 1 is 0.980 bits per heavy atom. The third-order valence-electron chi connectivity index (χ3n) is 11.0. The van der Waals surface area contributed by atoms with Gasteiger partial charge in [0.05, 0.1) is 13.3 Å². The fraction of sp³-hybridized carbons (Fsp3) is 0.474. The van der Waals surface area contributed by atoms with Gasteiger partial charge >= 0.3 is 0 Å². The Balaban J connectivity index is 0.865. The maximum atomic E-state index is 12.5. The first kappa shape index (κ1) is 34.3. The van der Waals surface area contributed by atoms with E-state index in [1.54, 1.807) is 24.9 Å². The van der Waals surface area contributed by atoms with Crippen LogP contribution in [0.2, 0.25) is 5.02 Å². The van der Waals surface area contributed by atoms with E-state index in [0.29, 0.717) is 29.3 Å². The van der Waals surface area contributed by atoms with Crippen molar-refractivity contribution in [2.75, 3.05) is 45.2 Å². The van der Waals surface area contributed by atoms with Crippen LogP contribution in [0.4, 0.5) is 5.69 Å². The number of amides is 2. The van der Waals surface area contributed by atoms with Crippen LogP contribution in [-0.4, -0.2) is 82.3 Å². The number of carbonyl (C=O) groups excluding carboxylic acids is 2. The average Bonchev–Trinajstić information content (AvgIpc) is 3.63. The molecule has 2 aromatic carbocycles. The molecule has 1 unspecified atom stereocenters. The van der Waals surface area contributed by atoms with Crippen LogP contribution in [0.1, 0.15) is 62.0 Å². The average molecular weight is 700 g/mol. The van der Waals surface area contributed by atoms with Crippen molar-refractivity contribution in [1.29, 1.82) is 0 Å². The molecular formula is C38H46ClN7O4. The zero-order valence-corrected chi connectivity index (χ0v) is 29.6. The summed E-state index contributed by atoms with van der Waals surface area (Å²) in [7, 11) is 3.42. The van der Waals surface area contributed by atoms with Gasteiger partial charge in [-0.2, -0.15) is 5.10 Å². The van der Waals surface area contributed by atoms with Gasteiger partial charge in [0.1, 0.15) is 17.3 Å². The highest BCUT2D eigenvalue weighted by Crippen LogP contribution is 2.37. The quantitative estimate of drug-likeness (QED) is 0.191. The third-order valence-corrected chi connectivity index (χ3v) is 11.3. The third kappa shape index (κ3) is 7.45. The number of benzene rings is 2. The summed E-state index contributed by atoms with van der Waals surface area (Å²) in [6, 6.07) is 12.1. The molecule has 3 fully saturated rings. The molecule has 0 bridgehead atoms. The predicted molar refractivity (Wildman–Crippen MR) is 196 cm³/mol. The summed E-state index contributed by atoms with van der Waals surface area (Å²) in [5, 5.41) is 14.0. The minimum atomic E-state index is -0.357. The van der Waals surface area contributed by atoms with Gasteiger partial charge < -0.3 is 19.5 Å². The number of fused-ring (bicyclic) bond motifs is 1. The number of aromatic nitrogens is 3. The number of aryl methyl sites for hydroxylation is 1. The van der Waals surface area contributed by atoms with E-state index >= 15 is 0 Å². The lowest BCUT2D eigenvalue weighted by atomic mass is 9.88. The Kier molecular flexibility index (Phi) is 10.3. The number of rotatable bonds is 10. The molecule has 264 valence electrons. The normalized spacial score (nSPS) is 19.9. The maximum absolute atomic E-state index is 12.5. The predicted octanol–water partition coefficient (Wildman–Crippen LogP) is 5.29. The molecule has 3 aliphatic heterocycles. The Hall–Kier alpha value is -4.19. The van der Waals surface area contributed by atoms with Crippen LogP contribution in [0, 0.1) is 5.92 Å². The SMILES string of the molecule is COc1cc(-c2cn(C)c(=O)c3[nH]ncc23)cc(Cl)c1CN1CCC(CCN2CCC(c3ccc(NC4CCC(=O)NC4=O)cc3)CC2)CC1. The topological polar surface area (TPSA) is 125 Å². The molecule has 1 atom stereocenters. The number of aromatic amines is 1. The number of nitrogens with one attached hydrogen (secondary N) is 3. The largest absolute Gasteiger partial charge is 0.496 e. The van der Waals surface area contributed by atoms with Crippen molar-refractivity contribution in [3.63, 3.8) is 0 Å². The number of halogens is 1. The Morgan fingerprint density at radius 3 is 2.44 bits per heavy atom. The zero-order valence-electron chi connectivity index (χ0n) is 28.8. The highest BCUT2D eigenvalue weighted by Gasteiger charge is 2.27.